The quantitative estimate of drug-likeness (QED) is 0.580. The van der Waals surface area contributed by atoms with E-state index in [2.05, 4.69) is 23.2 Å². The molecular weight excluding hydrogens is 446 g/mol. The van der Waals surface area contributed by atoms with Crippen LogP contribution in [0.2, 0.25) is 5.02 Å². The number of carboxylic acid groups (broad SMARTS) is 1. The van der Waals surface area contributed by atoms with Gasteiger partial charge in [0.1, 0.15) is 5.25 Å². The van der Waals surface area contributed by atoms with E-state index in [-0.39, 0.29) is 12.5 Å². The Labute approximate surface area is 193 Å². The predicted octanol–water partition coefficient (Wildman–Crippen LogP) is 5.12. The molecule has 0 saturated carbocycles. The first-order chi connectivity index (χ1) is 15.5. The fraction of sp³-hybridized carbons (Fsp3) is 0.167. The maximum atomic E-state index is 12.3. The van der Waals surface area contributed by atoms with Crippen molar-refractivity contribution in [2.24, 2.45) is 10.1 Å². The van der Waals surface area contributed by atoms with Crippen molar-refractivity contribution in [3.05, 3.63) is 82.9 Å². The maximum absolute atomic E-state index is 12.3. The summed E-state index contributed by atoms with van der Waals surface area (Å²) in [4.78, 5) is 27.6. The van der Waals surface area contributed by atoms with Crippen LogP contribution in [0.3, 0.4) is 0 Å². The number of fused-ring (bicyclic) bond motifs is 1. The minimum atomic E-state index is -1.03. The summed E-state index contributed by atoms with van der Waals surface area (Å²) in [6, 6.07) is 21.6. The lowest BCUT2D eigenvalue weighted by molar-refractivity contribution is -0.138. The number of aliphatic imine (C=N–C) groups is 1. The van der Waals surface area contributed by atoms with Crippen LogP contribution >= 0.6 is 23.4 Å². The molecule has 160 valence electrons. The Hall–Kier alpha value is -3.16. The van der Waals surface area contributed by atoms with Crippen LogP contribution in [0.15, 0.2) is 76.8 Å². The zero-order chi connectivity index (χ0) is 22.2. The van der Waals surface area contributed by atoms with Crippen LogP contribution in [-0.4, -0.2) is 38.1 Å². The summed E-state index contributed by atoms with van der Waals surface area (Å²) < 4.78 is 0. The second kappa shape index (κ2) is 8.41. The molecule has 3 aromatic rings. The normalized spacial score (nSPS) is 20.5. The summed E-state index contributed by atoms with van der Waals surface area (Å²) >= 11 is 7.25. The molecule has 6 nitrogen and oxygen atoms in total. The van der Waals surface area contributed by atoms with Gasteiger partial charge < -0.3 is 5.11 Å². The minimum Gasteiger partial charge on any atom is -0.481 e. The van der Waals surface area contributed by atoms with Crippen molar-refractivity contribution in [3.63, 3.8) is 0 Å². The van der Waals surface area contributed by atoms with Gasteiger partial charge >= 0.3 is 5.97 Å². The Balaban J connectivity index is 1.55. The van der Waals surface area contributed by atoms with Crippen molar-refractivity contribution in [1.82, 2.24) is 5.01 Å². The first kappa shape index (κ1) is 20.7. The number of thioether (sulfide) groups is 1. The predicted molar refractivity (Wildman–Crippen MR) is 127 cm³/mol. The van der Waals surface area contributed by atoms with Crippen LogP contribution in [0.1, 0.15) is 30.0 Å². The van der Waals surface area contributed by atoms with Crippen molar-refractivity contribution < 1.29 is 14.7 Å². The van der Waals surface area contributed by atoms with Crippen LogP contribution in [0.5, 0.6) is 0 Å². The van der Waals surface area contributed by atoms with E-state index < -0.39 is 17.1 Å². The maximum Gasteiger partial charge on any atom is 0.305 e. The highest BCUT2D eigenvalue weighted by Gasteiger charge is 2.39. The second-order valence-corrected chi connectivity index (χ2v) is 9.23. The van der Waals surface area contributed by atoms with Crippen LogP contribution < -0.4 is 0 Å². The summed E-state index contributed by atoms with van der Waals surface area (Å²) in [6.07, 6.45) is 0.350. The van der Waals surface area contributed by atoms with E-state index in [1.807, 2.05) is 48.5 Å². The molecule has 0 aromatic heterocycles. The number of nitrogens with zero attached hydrogens (tertiary/aromatic N) is 3. The Morgan fingerprint density at radius 3 is 2.62 bits per heavy atom. The van der Waals surface area contributed by atoms with E-state index in [0.717, 1.165) is 39.4 Å². The van der Waals surface area contributed by atoms with Gasteiger partial charge in [0, 0.05) is 17.0 Å². The average molecular weight is 464 g/mol. The highest BCUT2D eigenvalue weighted by Crippen LogP contribution is 2.39. The van der Waals surface area contributed by atoms with Gasteiger partial charge in [-0.25, -0.2) is 5.01 Å². The molecule has 0 bridgehead atoms. The minimum absolute atomic E-state index is 0.177. The number of carboxylic acids is 1. The molecule has 5 rings (SSSR count). The molecule has 8 heteroatoms. The molecule has 32 heavy (non-hydrogen) atoms. The number of rotatable bonds is 4. The zero-order valence-electron chi connectivity index (χ0n) is 16.8. The number of hydrogen-bond acceptors (Lipinski definition) is 5. The third-order valence-corrected chi connectivity index (χ3v) is 6.94. The second-order valence-electron chi connectivity index (χ2n) is 7.63. The van der Waals surface area contributed by atoms with Crippen LogP contribution in [0.4, 0.5) is 0 Å². The number of halogens is 1. The largest absolute Gasteiger partial charge is 0.481 e. The first-order valence-corrected chi connectivity index (χ1v) is 11.4. The van der Waals surface area contributed by atoms with E-state index in [1.54, 1.807) is 5.01 Å². The van der Waals surface area contributed by atoms with Gasteiger partial charge in [0.15, 0.2) is 5.17 Å². The standard InChI is InChI=1S/C24H18ClN3O3S/c25-16-10-8-15(9-11-16)20-12-19(18-7-3-5-14-4-1-2-6-17(14)18)27-28(20)24-26-23(31)21(32-24)13-22(29)30/h1-11,20-21H,12-13H2,(H,29,30). The van der Waals surface area contributed by atoms with E-state index >= 15 is 0 Å². The molecule has 0 radical (unpaired) electrons. The smallest absolute Gasteiger partial charge is 0.305 e. The lowest BCUT2D eigenvalue weighted by Crippen LogP contribution is -2.24. The van der Waals surface area contributed by atoms with Crippen molar-refractivity contribution in [1.29, 1.82) is 0 Å². The number of aliphatic carboxylic acids is 1. The highest BCUT2D eigenvalue weighted by atomic mass is 35.5. The summed E-state index contributed by atoms with van der Waals surface area (Å²) in [6.45, 7) is 0. The van der Waals surface area contributed by atoms with Crippen LogP contribution in [-0.2, 0) is 9.59 Å². The molecule has 2 aliphatic rings. The summed E-state index contributed by atoms with van der Waals surface area (Å²) in [5.41, 5.74) is 2.91. The van der Waals surface area contributed by atoms with Crippen LogP contribution in [0, 0.1) is 0 Å². The molecule has 2 unspecified atom stereocenters. The number of carbonyl (C=O) groups excluding carboxylic acids is 1. The van der Waals surface area contributed by atoms with Gasteiger partial charge in [-0.2, -0.15) is 10.1 Å². The van der Waals surface area contributed by atoms with Crippen molar-refractivity contribution >= 4 is 56.9 Å². The highest BCUT2D eigenvalue weighted by molar-refractivity contribution is 8.15. The van der Waals surface area contributed by atoms with Crippen molar-refractivity contribution in [2.45, 2.75) is 24.1 Å². The molecule has 2 atom stereocenters. The van der Waals surface area contributed by atoms with Gasteiger partial charge in [-0.1, -0.05) is 78.0 Å². The Bertz CT molecular complexity index is 1280. The molecular formula is C24H18ClN3O3S. The van der Waals surface area contributed by atoms with Gasteiger partial charge in [0.05, 0.1) is 18.2 Å². The molecule has 2 heterocycles. The summed E-state index contributed by atoms with van der Waals surface area (Å²) in [5, 5.41) is 18.3. The van der Waals surface area contributed by atoms with Gasteiger partial charge in [-0.15, -0.1) is 0 Å². The number of benzene rings is 3. The van der Waals surface area contributed by atoms with Crippen molar-refractivity contribution in [2.75, 3.05) is 0 Å². The average Bonchev–Trinajstić information content (AvgIpc) is 3.37. The third kappa shape index (κ3) is 3.89. The summed E-state index contributed by atoms with van der Waals surface area (Å²) in [7, 11) is 0. The number of amidine groups is 1. The fourth-order valence-electron chi connectivity index (χ4n) is 4.03. The van der Waals surface area contributed by atoms with E-state index in [1.165, 1.54) is 0 Å². The summed E-state index contributed by atoms with van der Waals surface area (Å²) in [5.74, 6) is -1.46. The van der Waals surface area contributed by atoms with Gasteiger partial charge in [0.2, 0.25) is 0 Å². The molecule has 1 N–H and O–H groups in total. The number of hydrazone groups is 1. The number of amides is 1. The zero-order valence-corrected chi connectivity index (χ0v) is 18.4. The topological polar surface area (TPSA) is 82.3 Å². The van der Waals surface area contributed by atoms with E-state index in [9.17, 15) is 9.59 Å². The van der Waals surface area contributed by atoms with E-state index in [0.29, 0.717) is 16.6 Å². The SMILES string of the molecule is O=C(O)CC1SC(N2N=C(c3cccc4ccccc34)CC2c2ccc(Cl)cc2)=NC1=O. The number of hydrogen-bond donors (Lipinski definition) is 1. The molecule has 2 aliphatic heterocycles. The Morgan fingerprint density at radius 1 is 1.09 bits per heavy atom. The molecule has 0 aliphatic carbocycles. The van der Waals surface area contributed by atoms with Crippen molar-refractivity contribution in [3.8, 4) is 0 Å². The molecule has 3 aromatic carbocycles. The van der Waals surface area contributed by atoms with Crippen LogP contribution in [0.25, 0.3) is 10.8 Å². The van der Waals surface area contributed by atoms with E-state index in [4.69, 9.17) is 21.8 Å². The first-order valence-electron chi connectivity index (χ1n) is 10.1. The molecule has 1 amide bonds. The van der Waals surface area contributed by atoms with Gasteiger partial charge in [0.25, 0.3) is 5.91 Å². The molecule has 0 spiro atoms. The fourth-order valence-corrected chi connectivity index (χ4v) is 5.21. The Morgan fingerprint density at radius 2 is 1.84 bits per heavy atom. The van der Waals surface area contributed by atoms with Gasteiger partial charge in [-0.3, -0.25) is 9.59 Å². The monoisotopic (exact) mass is 463 g/mol. The molecule has 0 saturated heterocycles. The lowest BCUT2D eigenvalue weighted by atomic mass is 9.95. The third-order valence-electron chi connectivity index (χ3n) is 5.55. The number of carbonyl (C=O) groups is 2. The lowest BCUT2D eigenvalue weighted by Gasteiger charge is -2.23. The molecule has 0 fully saturated rings. The van der Waals surface area contributed by atoms with Gasteiger partial charge in [-0.05, 0) is 28.5 Å². The Kier molecular flexibility index (Phi) is 5.45.